The van der Waals surface area contributed by atoms with Gasteiger partial charge in [-0.15, -0.1) is 0 Å². The van der Waals surface area contributed by atoms with E-state index in [-0.39, 0.29) is 29.2 Å². The first-order valence-electron chi connectivity index (χ1n) is 7.16. The molecule has 0 saturated heterocycles. The summed E-state index contributed by atoms with van der Waals surface area (Å²) in [6.07, 6.45) is 4.29. The normalized spacial score (nSPS) is 24.8. The molecule has 3 nitrogen and oxygen atoms in total. The van der Waals surface area contributed by atoms with E-state index in [1.54, 1.807) is 0 Å². The molecule has 21 heavy (non-hydrogen) atoms. The first kappa shape index (κ1) is 16.4. The third kappa shape index (κ3) is 4.01. The van der Waals surface area contributed by atoms with E-state index in [0.29, 0.717) is 12.8 Å². The van der Waals surface area contributed by atoms with Crippen LogP contribution in [0.4, 0.5) is 8.78 Å². The van der Waals surface area contributed by atoms with Gasteiger partial charge in [-0.2, -0.15) is 0 Å². The van der Waals surface area contributed by atoms with Gasteiger partial charge in [0.15, 0.2) is 11.6 Å². The van der Waals surface area contributed by atoms with Crippen molar-refractivity contribution in [3.05, 3.63) is 35.4 Å². The second kappa shape index (κ2) is 6.40. The van der Waals surface area contributed by atoms with Gasteiger partial charge in [0.2, 0.25) is 0 Å². The topological polar surface area (TPSA) is 60.2 Å². The maximum Gasteiger partial charge on any atom is 0.162 e. The lowest BCUT2D eigenvalue weighted by Gasteiger charge is -2.32. The summed E-state index contributed by atoms with van der Waals surface area (Å²) in [5.41, 5.74) is 6.37. The third-order valence-corrected chi connectivity index (χ3v) is 6.00. The Hall–Kier alpha value is -1.01. The van der Waals surface area contributed by atoms with E-state index in [0.717, 1.165) is 18.9 Å². The van der Waals surface area contributed by atoms with Crippen LogP contribution in [0.2, 0.25) is 0 Å². The number of hydrogen-bond acceptors (Lipinski definition) is 3. The van der Waals surface area contributed by atoms with Crippen molar-refractivity contribution >= 4 is 9.84 Å². The highest BCUT2D eigenvalue weighted by molar-refractivity contribution is 7.91. The Bertz CT molecular complexity index is 604. The molecule has 1 aromatic carbocycles. The Kier molecular flexibility index (Phi) is 4.99. The largest absolute Gasteiger partial charge is 0.327 e. The van der Waals surface area contributed by atoms with Crippen LogP contribution in [0.1, 0.15) is 31.2 Å². The lowest BCUT2D eigenvalue weighted by Crippen LogP contribution is -2.39. The molecule has 2 N–H and O–H groups in total. The Labute approximate surface area is 124 Å². The van der Waals surface area contributed by atoms with Crippen LogP contribution in [-0.4, -0.2) is 26.0 Å². The average Bonchev–Trinajstić information content (AvgIpc) is 2.43. The van der Waals surface area contributed by atoms with Gasteiger partial charge in [0.25, 0.3) is 0 Å². The minimum atomic E-state index is -3.07. The van der Waals surface area contributed by atoms with Crippen molar-refractivity contribution in [3.8, 4) is 0 Å². The van der Waals surface area contributed by atoms with Gasteiger partial charge >= 0.3 is 0 Å². The molecule has 0 spiro atoms. The number of halogens is 2. The highest BCUT2D eigenvalue weighted by atomic mass is 32.2. The first-order valence-corrected chi connectivity index (χ1v) is 9.12. The molecule has 0 radical (unpaired) electrons. The summed E-state index contributed by atoms with van der Waals surface area (Å²) in [5.74, 6) is -1.71. The zero-order valence-corrected chi connectivity index (χ0v) is 12.9. The van der Waals surface area contributed by atoms with Crippen molar-refractivity contribution in [2.45, 2.75) is 43.4 Å². The fourth-order valence-electron chi connectivity index (χ4n) is 3.09. The van der Waals surface area contributed by atoms with E-state index in [1.165, 1.54) is 18.4 Å². The van der Waals surface area contributed by atoms with Crippen molar-refractivity contribution in [2.75, 3.05) is 6.26 Å². The summed E-state index contributed by atoms with van der Waals surface area (Å²) < 4.78 is 50.2. The van der Waals surface area contributed by atoms with E-state index in [9.17, 15) is 17.2 Å². The van der Waals surface area contributed by atoms with Crippen LogP contribution in [0.25, 0.3) is 0 Å². The van der Waals surface area contributed by atoms with Crippen molar-refractivity contribution in [1.29, 1.82) is 0 Å². The Morgan fingerprint density at radius 3 is 2.71 bits per heavy atom. The summed E-state index contributed by atoms with van der Waals surface area (Å²) in [7, 11) is -3.07. The van der Waals surface area contributed by atoms with Crippen LogP contribution in [0.3, 0.4) is 0 Å². The number of sulfone groups is 1. The molecule has 2 rings (SSSR count). The van der Waals surface area contributed by atoms with E-state index in [1.807, 2.05) is 0 Å². The molecule has 6 heteroatoms. The number of rotatable bonds is 4. The fourth-order valence-corrected chi connectivity index (χ4v) is 4.28. The molecule has 3 atom stereocenters. The summed E-state index contributed by atoms with van der Waals surface area (Å²) in [6.45, 7) is 0. The Morgan fingerprint density at radius 2 is 2.05 bits per heavy atom. The second-order valence-electron chi connectivity index (χ2n) is 5.96. The molecular formula is C15H21F2NO2S. The molecule has 1 saturated carbocycles. The van der Waals surface area contributed by atoms with E-state index in [4.69, 9.17) is 5.73 Å². The summed E-state index contributed by atoms with van der Waals surface area (Å²) >= 11 is 0. The van der Waals surface area contributed by atoms with E-state index in [2.05, 4.69) is 0 Å². The van der Waals surface area contributed by atoms with Gasteiger partial charge in [-0.05, 0) is 43.2 Å². The monoisotopic (exact) mass is 317 g/mol. The van der Waals surface area contributed by atoms with Crippen LogP contribution in [-0.2, 0) is 16.3 Å². The predicted molar refractivity (Wildman–Crippen MR) is 78.6 cm³/mol. The maximum absolute atomic E-state index is 13.7. The number of benzene rings is 1. The van der Waals surface area contributed by atoms with Gasteiger partial charge in [0.05, 0.1) is 5.25 Å². The molecule has 0 aromatic heterocycles. The standard InChI is InChI=1S/C15H21F2NO2S/c1-21(19,20)12-6-2-4-10(8-12)14(18)9-11-5-3-7-13(16)15(11)17/h3,5,7,10,12,14H,2,4,6,8-9,18H2,1H3. The van der Waals surface area contributed by atoms with Crippen molar-refractivity contribution < 1.29 is 17.2 Å². The minimum absolute atomic E-state index is 0.0288. The smallest absolute Gasteiger partial charge is 0.162 e. The number of hydrogen-bond donors (Lipinski definition) is 1. The summed E-state index contributed by atoms with van der Waals surface area (Å²) in [6, 6.07) is 3.70. The SMILES string of the molecule is CS(=O)(=O)C1CCCC(C(N)Cc2cccc(F)c2F)C1. The molecule has 0 amide bonds. The Balaban J connectivity index is 2.06. The highest BCUT2D eigenvalue weighted by Gasteiger charge is 2.32. The summed E-state index contributed by atoms with van der Waals surface area (Å²) in [4.78, 5) is 0. The highest BCUT2D eigenvalue weighted by Crippen LogP contribution is 2.31. The lowest BCUT2D eigenvalue weighted by molar-refractivity contribution is 0.302. The third-order valence-electron chi connectivity index (χ3n) is 4.36. The van der Waals surface area contributed by atoms with Crippen LogP contribution in [0, 0.1) is 17.6 Å². The van der Waals surface area contributed by atoms with Crippen LogP contribution in [0.5, 0.6) is 0 Å². The van der Waals surface area contributed by atoms with E-state index >= 15 is 0 Å². The number of nitrogens with two attached hydrogens (primary N) is 1. The van der Waals surface area contributed by atoms with Gasteiger partial charge in [-0.1, -0.05) is 18.6 Å². The average molecular weight is 317 g/mol. The van der Waals surface area contributed by atoms with Gasteiger partial charge in [0.1, 0.15) is 9.84 Å². The molecule has 1 fully saturated rings. The van der Waals surface area contributed by atoms with Crippen molar-refractivity contribution in [2.24, 2.45) is 11.7 Å². The van der Waals surface area contributed by atoms with Gasteiger partial charge in [-0.3, -0.25) is 0 Å². The first-order chi connectivity index (χ1) is 9.79. The van der Waals surface area contributed by atoms with Crippen LogP contribution < -0.4 is 5.73 Å². The van der Waals surface area contributed by atoms with Crippen LogP contribution >= 0.6 is 0 Å². The quantitative estimate of drug-likeness (QED) is 0.928. The molecule has 118 valence electrons. The Morgan fingerprint density at radius 1 is 1.33 bits per heavy atom. The van der Waals surface area contributed by atoms with Crippen molar-refractivity contribution in [1.82, 2.24) is 0 Å². The molecule has 0 aliphatic heterocycles. The molecule has 0 heterocycles. The predicted octanol–water partition coefficient (Wildman–Crippen LogP) is 2.44. The zero-order chi connectivity index (χ0) is 15.6. The fraction of sp³-hybridized carbons (Fsp3) is 0.600. The van der Waals surface area contributed by atoms with Gasteiger partial charge in [-0.25, -0.2) is 17.2 Å². The molecule has 1 aliphatic carbocycles. The zero-order valence-electron chi connectivity index (χ0n) is 12.1. The minimum Gasteiger partial charge on any atom is -0.327 e. The molecular weight excluding hydrogens is 296 g/mol. The molecule has 0 bridgehead atoms. The van der Waals surface area contributed by atoms with Crippen molar-refractivity contribution in [3.63, 3.8) is 0 Å². The molecule has 3 unspecified atom stereocenters. The van der Waals surface area contributed by atoms with Gasteiger partial charge < -0.3 is 5.73 Å². The van der Waals surface area contributed by atoms with E-state index < -0.39 is 21.5 Å². The summed E-state index contributed by atoms with van der Waals surface area (Å²) in [5, 5.41) is -0.361. The lowest BCUT2D eigenvalue weighted by atomic mass is 9.81. The second-order valence-corrected chi connectivity index (χ2v) is 8.28. The molecule has 1 aromatic rings. The molecule has 1 aliphatic rings. The van der Waals surface area contributed by atoms with Gasteiger partial charge in [0, 0.05) is 12.3 Å². The van der Waals surface area contributed by atoms with Crippen LogP contribution in [0.15, 0.2) is 18.2 Å². The maximum atomic E-state index is 13.7.